The second kappa shape index (κ2) is 8.58. The van der Waals surface area contributed by atoms with Crippen molar-refractivity contribution in [1.82, 2.24) is 10.3 Å². The van der Waals surface area contributed by atoms with Gasteiger partial charge in [0.15, 0.2) is 0 Å². The number of hydrogen-bond donors (Lipinski definition) is 1. The lowest BCUT2D eigenvalue weighted by Crippen LogP contribution is -2.21. The average Bonchev–Trinajstić information content (AvgIpc) is 2.74. The van der Waals surface area contributed by atoms with Crippen molar-refractivity contribution in [2.24, 2.45) is 0 Å². The molecule has 4 nitrogen and oxygen atoms in total. The highest BCUT2D eigenvalue weighted by Crippen LogP contribution is 2.15. The van der Waals surface area contributed by atoms with E-state index in [-0.39, 0.29) is 0 Å². The highest BCUT2D eigenvalue weighted by Gasteiger charge is 2.07. The summed E-state index contributed by atoms with van der Waals surface area (Å²) < 4.78 is 10.3. The maximum absolute atomic E-state index is 5.39. The summed E-state index contributed by atoms with van der Waals surface area (Å²) in [7, 11) is 1.68. The van der Waals surface area contributed by atoms with Gasteiger partial charge in [0.2, 0.25) is 0 Å². The second-order valence-electron chi connectivity index (χ2n) is 3.93. The molecule has 1 unspecified atom stereocenters. The monoisotopic (exact) mass is 258 g/mol. The van der Waals surface area contributed by atoms with Crippen LogP contribution >= 0.6 is 11.3 Å². The van der Waals surface area contributed by atoms with Crippen molar-refractivity contribution in [1.29, 1.82) is 0 Å². The van der Waals surface area contributed by atoms with Crippen molar-refractivity contribution in [3.05, 3.63) is 16.1 Å². The molecule has 1 aromatic rings. The molecule has 0 saturated carbocycles. The van der Waals surface area contributed by atoms with Crippen LogP contribution in [0.2, 0.25) is 0 Å². The van der Waals surface area contributed by atoms with Crippen molar-refractivity contribution < 1.29 is 9.47 Å². The Morgan fingerprint density at radius 2 is 2.24 bits per heavy atom. The van der Waals surface area contributed by atoms with Crippen LogP contribution in [0.25, 0.3) is 0 Å². The number of ether oxygens (including phenoxy) is 2. The molecule has 1 atom stereocenters. The zero-order valence-electron chi connectivity index (χ0n) is 10.9. The smallest absolute Gasteiger partial charge is 0.0898 e. The molecule has 1 aromatic heterocycles. The van der Waals surface area contributed by atoms with Crippen LogP contribution in [0.15, 0.2) is 5.38 Å². The molecule has 1 heterocycles. The van der Waals surface area contributed by atoms with Crippen LogP contribution in [0.5, 0.6) is 0 Å². The fraction of sp³-hybridized carbons (Fsp3) is 0.750. The highest BCUT2D eigenvalue weighted by atomic mass is 32.1. The summed E-state index contributed by atoms with van der Waals surface area (Å²) >= 11 is 1.70. The molecule has 0 amide bonds. The third kappa shape index (κ3) is 6.12. The minimum Gasteiger partial charge on any atom is -0.382 e. The number of hydrogen-bond acceptors (Lipinski definition) is 5. The van der Waals surface area contributed by atoms with Crippen LogP contribution in [-0.4, -0.2) is 38.5 Å². The van der Waals surface area contributed by atoms with Gasteiger partial charge in [-0.15, -0.1) is 11.3 Å². The maximum Gasteiger partial charge on any atom is 0.0898 e. The van der Waals surface area contributed by atoms with E-state index in [0.29, 0.717) is 19.3 Å². The first-order valence-electron chi connectivity index (χ1n) is 5.96. The van der Waals surface area contributed by atoms with Crippen molar-refractivity contribution in [3.63, 3.8) is 0 Å². The summed E-state index contributed by atoms with van der Waals surface area (Å²) in [5, 5.41) is 6.67. The van der Waals surface area contributed by atoms with Crippen LogP contribution in [0.4, 0.5) is 0 Å². The molecule has 0 saturated heterocycles. The lowest BCUT2D eigenvalue weighted by atomic mass is 10.2. The van der Waals surface area contributed by atoms with Crippen molar-refractivity contribution in [3.8, 4) is 0 Å². The SMILES string of the molecule is COCCOCCCNC(C)c1csc(C)n1. The highest BCUT2D eigenvalue weighted by molar-refractivity contribution is 7.09. The van der Waals surface area contributed by atoms with E-state index in [2.05, 4.69) is 22.6 Å². The third-order valence-corrected chi connectivity index (χ3v) is 3.22. The van der Waals surface area contributed by atoms with Gasteiger partial charge in [-0.25, -0.2) is 4.98 Å². The van der Waals surface area contributed by atoms with E-state index >= 15 is 0 Å². The van der Waals surface area contributed by atoms with Gasteiger partial charge >= 0.3 is 0 Å². The molecule has 0 aliphatic rings. The van der Waals surface area contributed by atoms with Gasteiger partial charge in [-0.3, -0.25) is 0 Å². The lowest BCUT2D eigenvalue weighted by molar-refractivity contribution is 0.0693. The van der Waals surface area contributed by atoms with E-state index < -0.39 is 0 Å². The lowest BCUT2D eigenvalue weighted by Gasteiger charge is -2.11. The molecule has 0 aliphatic heterocycles. The molecule has 0 radical (unpaired) electrons. The number of rotatable bonds is 9. The van der Waals surface area contributed by atoms with E-state index in [1.807, 2.05) is 6.92 Å². The normalized spacial score (nSPS) is 12.9. The molecular formula is C12H22N2O2S. The zero-order valence-corrected chi connectivity index (χ0v) is 11.7. The summed E-state index contributed by atoms with van der Waals surface area (Å²) in [4.78, 5) is 4.46. The third-order valence-electron chi connectivity index (χ3n) is 2.43. The number of nitrogens with one attached hydrogen (secondary N) is 1. The van der Waals surface area contributed by atoms with Gasteiger partial charge in [0.05, 0.1) is 23.9 Å². The van der Waals surface area contributed by atoms with Gasteiger partial charge in [-0.1, -0.05) is 0 Å². The Labute approximate surface area is 107 Å². The topological polar surface area (TPSA) is 43.4 Å². The van der Waals surface area contributed by atoms with E-state index in [1.54, 1.807) is 18.4 Å². The number of thiazole rings is 1. The van der Waals surface area contributed by atoms with Crippen LogP contribution < -0.4 is 5.32 Å². The van der Waals surface area contributed by atoms with Gasteiger partial charge in [0, 0.05) is 25.1 Å². The first kappa shape index (κ1) is 14.6. The fourth-order valence-corrected chi connectivity index (χ4v) is 2.13. The Balaban J connectivity index is 2.03. The van der Waals surface area contributed by atoms with Crippen molar-refractivity contribution >= 4 is 11.3 Å². The number of aromatic nitrogens is 1. The first-order valence-corrected chi connectivity index (χ1v) is 6.84. The molecule has 17 heavy (non-hydrogen) atoms. The molecular weight excluding hydrogens is 236 g/mol. The summed E-state index contributed by atoms with van der Waals surface area (Å²) in [6, 6.07) is 0.318. The summed E-state index contributed by atoms with van der Waals surface area (Å²) in [6.07, 6.45) is 1.01. The van der Waals surface area contributed by atoms with Crippen LogP contribution in [0.3, 0.4) is 0 Å². The Hall–Kier alpha value is -0.490. The Morgan fingerprint density at radius 1 is 1.41 bits per heavy atom. The average molecular weight is 258 g/mol. The molecule has 0 aliphatic carbocycles. The number of aryl methyl sites for hydroxylation is 1. The molecule has 0 aromatic carbocycles. The Kier molecular flexibility index (Phi) is 7.35. The van der Waals surface area contributed by atoms with Gasteiger partial charge in [0.1, 0.15) is 0 Å². The van der Waals surface area contributed by atoms with Gasteiger partial charge < -0.3 is 14.8 Å². The molecule has 0 spiro atoms. The predicted molar refractivity (Wildman–Crippen MR) is 70.6 cm³/mol. The summed E-state index contributed by atoms with van der Waals surface area (Å²) in [5.74, 6) is 0. The molecule has 0 fully saturated rings. The van der Waals surface area contributed by atoms with E-state index in [0.717, 1.165) is 30.3 Å². The number of nitrogens with zero attached hydrogens (tertiary/aromatic N) is 1. The van der Waals surface area contributed by atoms with Crippen LogP contribution in [0.1, 0.15) is 30.1 Å². The minimum absolute atomic E-state index is 0.318. The van der Waals surface area contributed by atoms with Gasteiger partial charge in [0.25, 0.3) is 0 Å². The van der Waals surface area contributed by atoms with Crippen molar-refractivity contribution in [2.45, 2.75) is 26.3 Å². The number of methoxy groups -OCH3 is 1. The van der Waals surface area contributed by atoms with E-state index in [4.69, 9.17) is 9.47 Å². The van der Waals surface area contributed by atoms with E-state index in [9.17, 15) is 0 Å². The largest absolute Gasteiger partial charge is 0.382 e. The molecule has 0 bridgehead atoms. The first-order chi connectivity index (χ1) is 8.24. The summed E-state index contributed by atoms with van der Waals surface area (Å²) in [6.45, 7) is 7.24. The van der Waals surface area contributed by atoms with Crippen molar-refractivity contribution in [2.75, 3.05) is 33.5 Å². The Morgan fingerprint density at radius 3 is 2.88 bits per heavy atom. The second-order valence-corrected chi connectivity index (χ2v) is 4.99. The molecule has 1 rings (SSSR count). The minimum atomic E-state index is 0.318. The molecule has 98 valence electrons. The van der Waals surface area contributed by atoms with Crippen LogP contribution in [0, 0.1) is 6.92 Å². The fourth-order valence-electron chi connectivity index (χ4n) is 1.42. The zero-order chi connectivity index (χ0) is 12.5. The molecule has 5 heteroatoms. The maximum atomic E-state index is 5.39. The predicted octanol–water partition coefficient (Wildman–Crippen LogP) is 2.16. The molecule has 1 N–H and O–H groups in total. The van der Waals surface area contributed by atoms with Gasteiger partial charge in [-0.2, -0.15) is 0 Å². The van der Waals surface area contributed by atoms with Crippen LogP contribution in [-0.2, 0) is 9.47 Å². The van der Waals surface area contributed by atoms with Gasteiger partial charge in [-0.05, 0) is 26.8 Å². The standard InChI is InChI=1S/C12H22N2O2S/c1-10(12-9-17-11(2)14-12)13-5-4-6-16-8-7-15-3/h9-10,13H,4-8H2,1-3H3. The van der Waals surface area contributed by atoms with E-state index in [1.165, 1.54) is 0 Å². The summed E-state index contributed by atoms with van der Waals surface area (Å²) in [5.41, 5.74) is 1.13. The Bertz CT molecular complexity index is 304. The quantitative estimate of drug-likeness (QED) is 0.689.